The second-order valence-electron chi connectivity index (χ2n) is 10.8. The van der Waals surface area contributed by atoms with E-state index in [1.54, 1.807) is 16.7 Å². The predicted molar refractivity (Wildman–Crippen MR) is 149 cm³/mol. The number of carbonyl (C=O) groups is 1. The number of likely N-dealkylation sites (N-methyl/N-ethyl adjacent to an activating group) is 1. The highest BCUT2D eigenvalue weighted by Crippen LogP contribution is 2.37. The van der Waals surface area contributed by atoms with Crippen LogP contribution in [-0.4, -0.2) is 51.9 Å². The lowest BCUT2D eigenvalue weighted by Crippen LogP contribution is -2.46. The Labute approximate surface area is 243 Å². The summed E-state index contributed by atoms with van der Waals surface area (Å²) in [6.07, 6.45) is -8.87. The van der Waals surface area contributed by atoms with Gasteiger partial charge in [0.1, 0.15) is 6.04 Å². The van der Waals surface area contributed by atoms with E-state index in [4.69, 9.17) is 0 Å². The van der Waals surface area contributed by atoms with Gasteiger partial charge in [-0.1, -0.05) is 42.5 Å². The van der Waals surface area contributed by atoms with E-state index in [0.717, 1.165) is 16.6 Å². The third kappa shape index (κ3) is 6.64. The first kappa shape index (κ1) is 30.4. The number of fused-ring (bicyclic) bond motifs is 1. The minimum absolute atomic E-state index is 0.0760. The number of aromatic amines is 1. The van der Waals surface area contributed by atoms with Crippen molar-refractivity contribution in [2.75, 3.05) is 26.7 Å². The van der Waals surface area contributed by atoms with Crippen molar-refractivity contribution in [3.05, 3.63) is 106 Å². The van der Waals surface area contributed by atoms with E-state index < -0.39 is 29.5 Å². The number of likely N-dealkylation sites (tertiary alicyclic amines) is 1. The van der Waals surface area contributed by atoms with Gasteiger partial charge in [-0.3, -0.25) is 14.3 Å². The van der Waals surface area contributed by atoms with E-state index in [1.165, 1.54) is 11.9 Å². The Morgan fingerprint density at radius 2 is 1.49 bits per heavy atom. The molecule has 0 bridgehead atoms. The molecule has 1 amide bonds. The molecule has 1 saturated heterocycles. The maximum atomic E-state index is 13.8. The summed E-state index contributed by atoms with van der Waals surface area (Å²) < 4.78 is 81.7. The number of hydrogen-bond donors (Lipinski definition) is 1. The molecule has 0 aliphatic carbocycles. The van der Waals surface area contributed by atoms with Crippen LogP contribution >= 0.6 is 0 Å². The molecule has 4 aromatic rings. The molecule has 1 aromatic heterocycles. The second-order valence-corrected chi connectivity index (χ2v) is 10.8. The molecule has 5 rings (SSSR count). The van der Waals surface area contributed by atoms with E-state index >= 15 is 0 Å². The monoisotopic (exact) mass is 604 g/mol. The van der Waals surface area contributed by atoms with Gasteiger partial charge < -0.3 is 9.88 Å². The molecule has 6 nitrogen and oxygen atoms in total. The number of halogens is 6. The van der Waals surface area contributed by atoms with Crippen molar-refractivity contribution in [3.8, 4) is 0 Å². The minimum atomic E-state index is -4.94. The van der Waals surface area contributed by atoms with Gasteiger partial charge in [0.25, 0.3) is 0 Å². The largest absolute Gasteiger partial charge is 0.416 e. The Kier molecular flexibility index (Phi) is 8.42. The molecule has 2 heterocycles. The summed E-state index contributed by atoms with van der Waals surface area (Å²) in [6.45, 7) is 0.915. The van der Waals surface area contributed by atoms with E-state index in [9.17, 15) is 35.9 Å². The van der Waals surface area contributed by atoms with Crippen LogP contribution in [0.2, 0.25) is 0 Å². The molecule has 1 N–H and O–H groups in total. The van der Waals surface area contributed by atoms with Gasteiger partial charge in [0.2, 0.25) is 5.91 Å². The fraction of sp³-hybridized carbons (Fsp3) is 0.355. The van der Waals surface area contributed by atoms with Crippen LogP contribution in [0.3, 0.4) is 0 Å². The summed E-state index contributed by atoms with van der Waals surface area (Å²) in [4.78, 5) is 32.8. The van der Waals surface area contributed by atoms with E-state index in [2.05, 4.69) is 4.98 Å². The lowest BCUT2D eigenvalue weighted by molar-refractivity contribution is -0.143. The first-order valence-corrected chi connectivity index (χ1v) is 13.8. The molecular formula is C31H30F6N4O2. The third-order valence-electron chi connectivity index (χ3n) is 7.96. The van der Waals surface area contributed by atoms with Crippen molar-refractivity contribution in [1.82, 2.24) is 19.4 Å². The van der Waals surface area contributed by atoms with Crippen LogP contribution in [0.15, 0.2) is 77.6 Å². The molecule has 1 aliphatic rings. The molecule has 0 spiro atoms. The number of aromatic nitrogens is 2. The van der Waals surface area contributed by atoms with Crippen LogP contribution < -0.4 is 5.69 Å². The molecular weight excluding hydrogens is 574 g/mol. The van der Waals surface area contributed by atoms with Gasteiger partial charge in [0.05, 0.1) is 22.2 Å². The summed E-state index contributed by atoms with van der Waals surface area (Å²) >= 11 is 0. The average Bonchev–Trinajstić information content (AvgIpc) is 3.31. The Morgan fingerprint density at radius 1 is 0.907 bits per heavy atom. The molecule has 1 aliphatic heterocycles. The number of alkyl halides is 6. The number of H-pyrrole nitrogens is 1. The van der Waals surface area contributed by atoms with Crippen molar-refractivity contribution in [3.63, 3.8) is 0 Å². The Balaban J connectivity index is 1.33. The number of nitrogens with zero attached hydrogens (tertiary/aromatic N) is 3. The standard InChI is InChI=1S/C31H30F6N4O2/c1-39(14-11-20-17-22(30(32,33)34)19-23(18-20)31(35,36)37)28(42)27(21-7-3-2-4-8-21)40-15-12-24(13-16-40)41-26-10-6-5-9-25(26)38-29(41)43/h2-10,17-19,24,27H,11-16H2,1H3,(H,38,43). The SMILES string of the molecule is CN(CCc1cc(C(F)(F)F)cc(C(F)(F)F)c1)C(=O)C(c1ccccc1)N1CCC(n2c(=O)[nH]c3ccccc32)CC1. The smallest absolute Gasteiger partial charge is 0.344 e. The number of benzene rings is 3. The number of para-hydroxylation sites is 2. The van der Waals surface area contributed by atoms with Crippen molar-refractivity contribution in [1.29, 1.82) is 0 Å². The average molecular weight is 605 g/mol. The summed E-state index contributed by atoms with van der Waals surface area (Å²) in [5, 5.41) is 0. The van der Waals surface area contributed by atoms with Crippen LogP contribution in [0.4, 0.5) is 26.3 Å². The van der Waals surface area contributed by atoms with Crippen molar-refractivity contribution in [2.45, 2.75) is 43.7 Å². The first-order valence-electron chi connectivity index (χ1n) is 13.8. The van der Waals surface area contributed by atoms with E-state index in [1.807, 2.05) is 47.4 Å². The maximum Gasteiger partial charge on any atom is 0.416 e. The zero-order valence-corrected chi connectivity index (χ0v) is 23.3. The molecule has 1 fully saturated rings. The molecule has 228 valence electrons. The summed E-state index contributed by atoms with van der Waals surface area (Å²) in [6, 6.07) is 17.2. The topological polar surface area (TPSA) is 61.3 Å². The van der Waals surface area contributed by atoms with Crippen LogP contribution in [0.5, 0.6) is 0 Å². The van der Waals surface area contributed by atoms with Crippen molar-refractivity contribution >= 4 is 16.9 Å². The molecule has 43 heavy (non-hydrogen) atoms. The summed E-state index contributed by atoms with van der Waals surface area (Å²) in [7, 11) is 1.49. The molecule has 1 unspecified atom stereocenters. The molecule has 0 saturated carbocycles. The first-order chi connectivity index (χ1) is 20.3. The van der Waals surface area contributed by atoms with E-state index in [0.29, 0.717) is 38.1 Å². The summed E-state index contributed by atoms with van der Waals surface area (Å²) in [5.41, 5.74) is -0.847. The number of amides is 1. The normalized spacial score (nSPS) is 16.0. The minimum Gasteiger partial charge on any atom is -0.344 e. The number of nitrogens with one attached hydrogen (secondary N) is 1. The highest BCUT2D eigenvalue weighted by Gasteiger charge is 2.37. The summed E-state index contributed by atoms with van der Waals surface area (Å²) in [5.74, 6) is -0.322. The third-order valence-corrected chi connectivity index (χ3v) is 7.96. The molecule has 1 atom stereocenters. The number of imidazole rings is 1. The Morgan fingerprint density at radius 3 is 2.09 bits per heavy atom. The fourth-order valence-electron chi connectivity index (χ4n) is 5.76. The van der Waals surface area contributed by atoms with Gasteiger partial charge in [0.15, 0.2) is 0 Å². The molecule has 3 aromatic carbocycles. The van der Waals surface area contributed by atoms with E-state index in [-0.39, 0.29) is 42.2 Å². The quantitative estimate of drug-likeness (QED) is 0.247. The van der Waals surface area contributed by atoms with Gasteiger partial charge in [0, 0.05) is 32.7 Å². The number of hydrogen-bond acceptors (Lipinski definition) is 3. The van der Waals surface area contributed by atoms with Crippen LogP contribution in [0, 0.1) is 0 Å². The van der Waals surface area contributed by atoms with Gasteiger partial charge in [-0.15, -0.1) is 0 Å². The van der Waals surface area contributed by atoms with Crippen LogP contribution in [0.25, 0.3) is 11.0 Å². The lowest BCUT2D eigenvalue weighted by atomic mass is 9.97. The Bertz CT molecular complexity index is 1600. The Hall–Kier alpha value is -4.06. The maximum absolute atomic E-state index is 13.8. The van der Waals surface area contributed by atoms with Gasteiger partial charge in [-0.2, -0.15) is 26.3 Å². The predicted octanol–water partition coefficient (Wildman–Crippen LogP) is 6.45. The zero-order chi connectivity index (χ0) is 30.9. The van der Waals surface area contributed by atoms with Crippen molar-refractivity contribution in [2.24, 2.45) is 0 Å². The number of rotatable bonds is 7. The number of piperidine rings is 1. The highest BCUT2D eigenvalue weighted by molar-refractivity contribution is 5.83. The van der Waals surface area contributed by atoms with Gasteiger partial charge in [-0.25, -0.2) is 4.79 Å². The van der Waals surface area contributed by atoms with Gasteiger partial charge >= 0.3 is 18.0 Å². The highest BCUT2D eigenvalue weighted by atomic mass is 19.4. The van der Waals surface area contributed by atoms with Gasteiger partial charge in [-0.05, 0) is 60.7 Å². The van der Waals surface area contributed by atoms with Crippen molar-refractivity contribution < 1.29 is 31.1 Å². The zero-order valence-electron chi connectivity index (χ0n) is 23.3. The van der Waals surface area contributed by atoms with Crippen LogP contribution in [0.1, 0.15) is 47.2 Å². The van der Waals surface area contributed by atoms with Crippen LogP contribution in [-0.2, 0) is 23.6 Å². The fourth-order valence-corrected chi connectivity index (χ4v) is 5.76. The second kappa shape index (κ2) is 11.9. The molecule has 12 heteroatoms. The number of carbonyl (C=O) groups excluding carboxylic acids is 1. The molecule has 0 radical (unpaired) electrons. The lowest BCUT2D eigenvalue weighted by Gasteiger charge is -2.38.